The second-order valence-electron chi connectivity index (χ2n) is 7.76. The minimum atomic E-state index is -4.30. The third kappa shape index (κ3) is 6.01. The lowest BCUT2D eigenvalue weighted by Crippen LogP contribution is -2.48. The van der Waals surface area contributed by atoms with Crippen LogP contribution in [0.1, 0.15) is 41.1 Å². The zero-order valence-electron chi connectivity index (χ0n) is 17.6. The summed E-state index contributed by atoms with van der Waals surface area (Å²) in [7, 11) is 1.74. The number of alkyl halides is 3. The molecule has 8 heteroatoms. The van der Waals surface area contributed by atoms with Gasteiger partial charge in [-0.3, -0.25) is 9.89 Å². The Kier molecular flexibility index (Phi) is 7.07. The Morgan fingerprint density at radius 2 is 1.93 bits per heavy atom. The molecule has 0 atom stereocenters. The molecule has 2 aromatic rings. The van der Waals surface area contributed by atoms with Crippen molar-refractivity contribution in [2.75, 3.05) is 20.1 Å². The van der Waals surface area contributed by atoms with Crippen molar-refractivity contribution in [3.05, 3.63) is 58.5 Å². The molecule has 0 unspecified atom stereocenters. The van der Waals surface area contributed by atoms with Crippen molar-refractivity contribution >= 4 is 5.96 Å². The van der Waals surface area contributed by atoms with E-state index in [9.17, 15) is 13.2 Å². The second-order valence-corrected chi connectivity index (χ2v) is 7.76. The highest BCUT2D eigenvalue weighted by atomic mass is 19.4. The number of rotatable bonds is 5. The van der Waals surface area contributed by atoms with Crippen LogP contribution in [-0.4, -0.2) is 37.0 Å². The van der Waals surface area contributed by atoms with Crippen LogP contribution in [0.4, 0.5) is 13.2 Å². The van der Waals surface area contributed by atoms with Crippen LogP contribution in [0.5, 0.6) is 0 Å². The van der Waals surface area contributed by atoms with Gasteiger partial charge in [0, 0.05) is 44.8 Å². The normalized spacial score (nSPS) is 16.7. The minimum absolute atomic E-state index is 0.279. The Labute approximate surface area is 175 Å². The number of hydrogen-bond donors (Lipinski definition) is 2. The Hall–Kier alpha value is -2.48. The van der Waals surface area contributed by atoms with E-state index < -0.39 is 11.7 Å². The fourth-order valence-corrected chi connectivity index (χ4v) is 3.77. The number of furan rings is 1. The summed E-state index contributed by atoms with van der Waals surface area (Å²) in [5.41, 5.74) is 1.21. The first-order valence-electron chi connectivity index (χ1n) is 10.2. The van der Waals surface area contributed by atoms with Gasteiger partial charge in [-0.25, -0.2) is 0 Å². The van der Waals surface area contributed by atoms with Crippen LogP contribution in [0.25, 0.3) is 0 Å². The van der Waals surface area contributed by atoms with E-state index in [1.807, 2.05) is 19.9 Å². The van der Waals surface area contributed by atoms with Crippen LogP contribution in [0, 0.1) is 13.8 Å². The number of aryl methyl sites for hydroxylation is 2. The van der Waals surface area contributed by atoms with E-state index in [0.717, 1.165) is 55.0 Å². The number of likely N-dealkylation sites (tertiary alicyclic amines) is 1. The van der Waals surface area contributed by atoms with Crippen molar-refractivity contribution in [1.82, 2.24) is 15.5 Å². The highest BCUT2D eigenvalue weighted by molar-refractivity contribution is 5.80. The number of halogens is 3. The third-order valence-electron chi connectivity index (χ3n) is 5.40. The molecule has 0 spiro atoms. The lowest BCUT2D eigenvalue weighted by molar-refractivity contribution is -0.137. The molecule has 2 heterocycles. The van der Waals surface area contributed by atoms with Crippen molar-refractivity contribution in [2.24, 2.45) is 4.99 Å². The first kappa shape index (κ1) is 22.2. The van der Waals surface area contributed by atoms with Gasteiger partial charge in [-0.15, -0.1) is 0 Å². The molecule has 0 amide bonds. The van der Waals surface area contributed by atoms with Gasteiger partial charge >= 0.3 is 6.18 Å². The number of benzene rings is 1. The third-order valence-corrected chi connectivity index (χ3v) is 5.40. The molecule has 3 rings (SSSR count). The molecule has 1 aromatic carbocycles. The van der Waals surface area contributed by atoms with E-state index in [2.05, 4.69) is 20.5 Å². The van der Waals surface area contributed by atoms with E-state index in [1.165, 1.54) is 12.1 Å². The molecule has 1 aliphatic heterocycles. The predicted molar refractivity (Wildman–Crippen MR) is 111 cm³/mol. The fraction of sp³-hybridized carbons (Fsp3) is 0.500. The van der Waals surface area contributed by atoms with Crippen LogP contribution in [0.15, 0.2) is 39.7 Å². The summed E-state index contributed by atoms with van der Waals surface area (Å²) in [5.74, 6) is 2.53. The van der Waals surface area contributed by atoms with E-state index in [0.29, 0.717) is 18.7 Å². The smallest absolute Gasteiger partial charge is 0.416 e. The molecular weight excluding hydrogens is 393 g/mol. The topological polar surface area (TPSA) is 52.8 Å². The highest BCUT2D eigenvalue weighted by Crippen LogP contribution is 2.30. The number of nitrogens with one attached hydrogen (secondary N) is 2. The molecule has 1 aliphatic rings. The summed E-state index contributed by atoms with van der Waals surface area (Å²) in [5, 5.41) is 6.77. The molecule has 0 bridgehead atoms. The maximum absolute atomic E-state index is 12.9. The van der Waals surface area contributed by atoms with Crippen LogP contribution >= 0.6 is 0 Å². The number of guanidine groups is 1. The monoisotopic (exact) mass is 422 g/mol. The van der Waals surface area contributed by atoms with Crippen LogP contribution in [0.3, 0.4) is 0 Å². The second kappa shape index (κ2) is 9.55. The van der Waals surface area contributed by atoms with Gasteiger partial charge in [-0.1, -0.05) is 18.2 Å². The summed E-state index contributed by atoms with van der Waals surface area (Å²) >= 11 is 0. The van der Waals surface area contributed by atoms with Crippen molar-refractivity contribution in [1.29, 1.82) is 0 Å². The summed E-state index contributed by atoms with van der Waals surface area (Å²) in [6.45, 7) is 6.69. The highest BCUT2D eigenvalue weighted by Gasteiger charge is 2.30. The largest absolute Gasteiger partial charge is 0.466 e. The SMILES string of the molecule is CN=C(NCc1cc(C)oc1C)NC1CCN(Cc2cccc(C(F)(F)F)c2)CC1. The van der Waals surface area contributed by atoms with Crippen molar-refractivity contribution in [3.63, 3.8) is 0 Å². The van der Waals surface area contributed by atoms with Gasteiger partial charge in [0.05, 0.1) is 5.56 Å². The molecule has 1 fully saturated rings. The summed E-state index contributed by atoms with van der Waals surface area (Å²) < 4.78 is 44.3. The lowest BCUT2D eigenvalue weighted by atomic mass is 10.0. The van der Waals surface area contributed by atoms with E-state index >= 15 is 0 Å². The molecule has 30 heavy (non-hydrogen) atoms. The van der Waals surface area contributed by atoms with Gasteiger partial charge in [-0.05, 0) is 44.4 Å². The van der Waals surface area contributed by atoms with Gasteiger partial charge in [0.15, 0.2) is 5.96 Å². The molecular formula is C22H29F3N4O. The molecule has 2 N–H and O–H groups in total. The molecule has 5 nitrogen and oxygen atoms in total. The zero-order chi connectivity index (χ0) is 21.7. The first-order valence-corrected chi connectivity index (χ1v) is 10.2. The average molecular weight is 422 g/mol. The fourth-order valence-electron chi connectivity index (χ4n) is 3.77. The van der Waals surface area contributed by atoms with Gasteiger partial charge in [0.25, 0.3) is 0 Å². The van der Waals surface area contributed by atoms with Gasteiger partial charge in [-0.2, -0.15) is 13.2 Å². The van der Waals surface area contributed by atoms with Crippen LogP contribution < -0.4 is 10.6 Å². The number of piperidine rings is 1. The maximum atomic E-state index is 12.9. The standard InChI is InChI=1S/C22H29F3N4O/c1-15-11-18(16(2)30-15)13-27-21(26-3)28-20-7-9-29(10-8-20)14-17-5-4-6-19(12-17)22(23,24)25/h4-6,11-12,20H,7-10,13-14H2,1-3H3,(H2,26,27,28). The van der Waals surface area contributed by atoms with Gasteiger partial charge in [0.1, 0.15) is 11.5 Å². The molecule has 1 aromatic heterocycles. The van der Waals surface area contributed by atoms with Crippen molar-refractivity contribution in [2.45, 2.75) is 52.0 Å². The first-order chi connectivity index (χ1) is 14.2. The quantitative estimate of drug-likeness (QED) is 0.559. The number of aliphatic imine (C=N–C) groups is 1. The Bertz CT molecular complexity index is 868. The summed E-state index contributed by atoms with van der Waals surface area (Å²) in [4.78, 5) is 6.49. The number of nitrogens with zero attached hydrogens (tertiary/aromatic N) is 2. The van der Waals surface area contributed by atoms with Crippen molar-refractivity contribution < 1.29 is 17.6 Å². The van der Waals surface area contributed by atoms with Crippen molar-refractivity contribution in [3.8, 4) is 0 Å². The number of hydrogen-bond acceptors (Lipinski definition) is 3. The van der Waals surface area contributed by atoms with Crippen LogP contribution in [-0.2, 0) is 19.3 Å². The molecule has 164 valence electrons. The van der Waals surface area contributed by atoms with Gasteiger partial charge in [0.2, 0.25) is 0 Å². The Morgan fingerprint density at radius 3 is 2.53 bits per heavy atom. The lowest BCUT2D eigenvalue weighted by Gasteiger charge is -2.33. The van der Waals surface area contributed by atoms with E-state index in [1.54, 1.807) is 13.1 Å². The predicted octanol–water partition coefficient (Wildman–Crippen LogP) is 4.24. The zero-order valence-corrected chi connectivity index (χ0v) is 17.6. The van der Waals surface area contributed by atoms with E-state index in [-0.39, 0.29) is 6.04 Å². The maximum Gasteiger partial charge on any atom is 0.416 e. The van der Waals surface area contributed by atoms with E-state index in [4.69, 9.17) is 4.42 Å². The molecule has 0 aliphatic carbocycles. The molecule has 0 saturated carbocycles. The average Bonchev–Trinajstić information content (AvgIpc) is 3.03. The minimum Gasteiger partial charge on any atom is -0.466 e. The molecule has 1 saturated heterocycles. The Balaban J connectivity index is 1.46. The van der Waals surface area contributed by atoms with Gasteiger partial charge < -0.3 is 15.1 Å². The Morgan fingerprint density at radius 1 is 1.20 bits per heavy atom. The molecule has 0 radical (unpaired) electrons. The van der Waals surface area contributed by atoms with Crippen LogP contribution in [0.2, 0.25) is 0 Å². The summed E-state index contributed by atoms with van der Waals surface area (Å²) in [6.07, 6.45) is -2.49. The summed E-state index contributed by atoms with van der Waals surface area (Å²) in [6, 6.07) is 7.89.